The van der Waals surface area contributed by atoms with Gasteiger partial charge in [-0.05, 0) is 37.1 Å². The Kier molecular flexibility index (Phi) is 6.41. The highest BCUT2D eigenvalue weighted by Crippen LogP contribution is 2.40. The number of rotatable bonds is 8. The summed E-state index contributed by atoms with van der Waals surface area (Å²) in [5, 5.41) is 17.7. The number of halogens is 5. The summed E-state index contributed by atoms with van der Waals surface area (Å²) in [5.41, 5.74) is -1.55. The number of nitro benzene ring substituents is 1. The van der Waals surface area contributed by atoms with Crippen LogP contribution in [-0.4, -0.2) is 20.6 Å². The molecule has 1 aliphatic rings. The van der Waals surface area contributed by atoms with Gasteiger partial charge < -0.3 is 10.1 Å². The molecular formula is C22H17F5N4O4. The molecule has 0 bridgehead atoms. The molecule has 13 heteroatoms. The molecule has 1 aliphatic carbocycles. The van der Waals surface area contributed by atoms with E-state index in [4.69, 9.17) is 4.74 Å². The Balaban J connectivity index is 1.54. The second-order valence-electron chi connectivity index (χ2n) is 7.88. The normalized spacial score (nSPS) is 13.7. The maximum absolute atomic E-state index is 13.4. The molecule has 35 heavy (non-hydrogen) atoms. The third-order valence-corrected chi connectivity index (χ3v) is 5.13. The lowest BCUT2D eigenvalue weighted by Crippen LogP contribution is -2.21. The largest absolute Gasteiger partial charge is 0.457 e. The Hall–Kier alpha value is -4.03. The first-order valence-electron chi connectivity index (χ1n) is 10.3. The minimum Gasteiger partial charge on any atom is -0.457 e. The number of hydrogen-bond donors (Lipinski definition) is 1. The van der Waals surface area contributed by atoms with Gasteiger partial charge in [-0.1, -0.05) is 6.07 Å². The quantitative estimate of drug-likeness (QED) is 0.232. The highest BCUT2D eigenvalue weighted by molar-refractivity contribution is 5.91. The highest BCUT2D eigenvalue weighted by Gasteiger charge is 2.31. The molecule has 0 unspecified atom stereocenters. The van der Waals surface area contributed by atoms with Gasteiger partial charge in [-0.2, -0.15) is 18.3 Å². The maximum atomic E-state index is 13.4. The Bertz CT molecular complexity index is 1270. The van der Waals surface area contributed by atoms with E-state index in [-0.39, 0.29) is 23.1 Å². The molecule has 0 atom stereocenters. The molecule has 1 saturated carbocycles. The number of nitrogens with zero attached hydrogens (tertiary/aromatic N) is 3. The summed E-state index contributed by atoms with van der Waals surface area (Å²) >= 11 is 0. The van der Waals surface area contributed by atoms with Crippen LogP contribution < -0.4 is 10.1 Å². The van der Waals surface area contributed by atoms with E-state index >= 15 is 0 Å². The summed E-state index contributed by atoms with van der Waals surface area (Å²) in [6.45, 7) is -0.571. The standard InChI is InChI=1S/C22H17F5N4O4/c23-21(24)19-10-18(12-4-5-12)29-30(19)11-20(32)28-14-7-15(31(33)34)9-17(8-14)35-16-3-1-2-13(6-16)22(25,26)27/h1-3,6-10,12,21H,4-5,11H2,(H,28,32). The van der Waals surface area contributed by atoms with E-state index in [1.165, 1.54) is 12.1 Å². The monoisotopic (exact) mass is 496 g/mol. The SMILES string of the molecule is O=C(Cn1nc(C2CC2)cc1C(F)F)Nc1cc(Oc2cccc(C(F)(F)F)c2)cc([N+](=O)[O-])c1. The van der Waals surface area contributed by atoms with Crippen molar-refractivity contribution in [1.29, 1.82) is 0 Å². The summed E-state index contributed by atoms with van der Waals surface area (Å²) in [5.74, 6) is -1.15. The van der Waals surface area contributed by atoms with E-state index < -0.39 is 46.9 Å². The number of ether oxygens (including phenoxy) is 1. The van der Waals surface area contributed by atoms with Gasteiger partial charge in [-0.15, -0.1) is 0 Å². The van der Waals surface area contributed by atoms with Crippen LogP contribution in [0.1, 0.15) is 42.1 Å². The number of anilines is 1. The predicted octanol–water partition coefficient (Wildman–Crippen LogP) is 6.06. The van der Waals surface area contributed by atoms with E-state index in [0.717, 1.165) is 53.9 Å². The molecule has 0 saturated heterocycles. The summed E-state index contributed by atoms with van der Waals surface area (Å²) in [6.07, 6.45) is -5.82. The number of carbonyl (C=O) groups is 1. The van der Waals surface area contributed by atoms with Crippen LogP contribution in [0.3, 0.4) is 0 Å². The van der Waals surface area contributed by atoms with Gasteiger partial charge in [-0.25, -0.2) is 8.78 Å². The maximum Gasteiger partial charge on any atom is 0.416 e. The Morgan fingerprint density at radius 2 is 1.91 bits per heavy atom. The molecular weight excluding hydrogens is 479 g/mol. The van der Waals surface area contributed by atoms with Crippen molar-refractivity contribution in [1.82, 2.24) is 9.78 Å². The molecule has 3 aromatic rings. The van der Waals surface area contributed by atoms with Gasteiger partial charge in [0, 0.05) is 18.1 Å². The lowest BCUT2D eigenvalue weighted by Gasteiger charge is -2.12. The summed E-state index contributed by atoms with van der Waals surface area (Å²) in [6, 6.07) is 8.29. The van der Waals surface area contributed by atoms with Crippen LogP contribution in [0.2, 0.25) is 0 Å². The molecule has 4 rings (SSSR count). The number of carbonyl (C=O) groups excluding carboxylic acids is 1. The average molecular weight is 496 g/mol. The Morgan fingerprint density at radius 3 is 2.54 bits per heavy atom. The molecule has 184 valence electrons. The molecule has 1 heterocycles. The molecule has 1 fully saturated rings. The van der Waals surface area contributed by atoms with E-state index in [9.17, 15) is 36.9 Å². The average Bonchev–Trinajstić information content (AvgIpc) is 3.53. The number of hydrogen-bond acceptors (Lipinski definition) is 5. The smallest absolute Gasteiger partial charge is 0.416 e. The van der Waals surface area contributed by atoms with Crippen LogP contribution in [0.5, 0.6) is 11.5 Å². The molecule has 1 N–H and O–H groups in total. The minimum atomic E-state index is -4.62. The summed E-state index contributed by atoms with van der Waals surface area (Å²) < 4.78 is 71.8. The van der Waals surface area contributed by atoms with Gasteiger partial charge in [0.15, 0.2) is 0 Å². The van der Waals surface area contributed by atoms with Gasteiger partial charge in [0.25, 0.3) is 12.1 Å². The van der Waals surface area contributed by atoms with Crippen LogP contribution in [0.15, 0.2) is 48.5 Å². The minimum absolute atomic E-state index is 0.0872. The zero-order valence-corrected chi connectivity index (χ0v) is 17.8. The van der Waals surface area contributed by atoms with Gasteiger partial charge in [0.1, 0.15) is 23.7 Å². The van der Waals surface area contributed by atoms with Crippen LogP contribution >= 0.6 is 0 Å². The number of amides is 1. The molecule has 1 aromatic heterocycles. The number of benzene rings is 2. The molecule has 0 spiro atoms. The van der Waals surface area contributed by atoms with Gasteiger partial charge in [-0.3, -0.25) is 19.6 Å². The van der Waals surface area contributed by atoms with Crippen molar-refractivity contribution in [2.75, 3.05) is 5.32 Å². The van der Waals surface area contributed by atoms with Crippen molar-refractivity contribution in [3.63, 3.8) is 0 Å². The van der Waals surface area contributed by atoms with E-state index in [2.05, 4.69) is 10.4 Å². The number of aromatic nitrogens is 2. The third-order valence-electron chi connectivity index (χ3n) is 5.13. The van der Waals surface area contributed by atoms with E-state index in [0.29, 0.717) is 5.69 Å². The predicted molar refractivity (Wildman–Crippen MR) is 112 cm³/mol. The summed E-state index contributed by atoms with van der Waals surface area (Å²) in [4.78, 5) is 23.0. The topological polar surface area (TPSA) is 99.3 Å². The van der Waals surface area contributed by atoms with Crippen LogP contribution in [0.4, 0.5) is 33.3 Å². The zero-order valence-electron chi connectivity index (χ0n) is 17.8. The second-order valence-corrected chi connectivity index (χ2v) is 7.88. The van der Waals surface area contributed by atoms with Crippen molar-refractivity contribution in [3.8, 4) is 11.5 Å². The number of non-ortho nitro benzene ring substituents is 1. The molecule has 1 amide bonds. The van der Waals surface area contributed by atoms with Crippen molar-refractivity contribution in [2.24, 2.45) is 0 Å². The third kappa shape index (κ3) is 5.91. The number of nitro groups is 1. The zero-order chi connectivity index (χ0) is 25.3. The van der Waals surface area contributed by atoms with Gasteiger partial charge in [0.2, 0.25) is 5.91 Å². The summed E-state index contributed by atoms with van der Waals surface area (Å²) in [7, 11) is 0. The number of alkyl halides is 5. The first-order chi connectivity index (χ1) is 16.5. The lowest BCUT2D eigenvalue weighted by atomic mass is 10.2. The first kappa shape index (κ1) is 24.1. The molecule has 0 aliphatic heterocycles. The fourth-order valence-corrected chi connectivity index (χ4v) is 3.36. The van der Waals surface area contributed by atoms with Crippen LogP contribution in [-0.2, 0) is 17.5 Å². The lowest BCUT2D eigenvalue weighted by molar-refractivity contribution is -0.384. The van der Waals surface area contributed by atoms with Crippen molar-refractivity contribution >= 4 is 17.3 Å². The van der Waals surface area contributed by atoms with Crippen LogP contribution in [0, 0.1) is 10.1 Å². The molecule has 0 radical (unpaired) electrons. The first-order valence-corrected chi connectivity index (χ1v) is 10.3. The van der Waals surface area contributed by atoms with Crippen LogP contribution in [0.25, 0.3) is 0 Å². The Labute approximate surface area is 194 Å². The van der Waals surface area contributed by atoms with Crippen molar-refractivity contribution in [3.05, 3.63) is 75.6 Å². The fraction of sp³-hybridized carbons (Fsp3) is 0.273. The fourth-order valence-electron chi connectivity index (χ4n) is 3.36. The molecule has 8 nitrogen and oxygen atoms in total. The number of nitrogens with one attached hydrogen (secondary N) is 1. The highest BCUT2D eigenvalue weighted by atomic mass is 19.4. The Morgan fingerprint density at radius 1 is 1.17 bits per heavy atom. The van der Waals surface area contributed by atoms with E-state index in [1.807, 2.05) is 0 Å². The van der Waals surface area contributed by atoms with Gasteiger partial charge in [0.05, 0.1) is 27.9 Å². The van der Waals surface area contributed by atoms with E-state index in [1.54, 1.807) is 0 Å². The molecule has 2 aromatic carbocycles. The van der Waals surface area contributed by atoms with Crippen molar-refractivity contribution < 1.29 is 36.4 Å². The van der Waals surface area contributed by atoms with Crippen molar-refractivity contribution in [2.45, 2.75) is 37.9 Å². The second kappa shape index (κ2) is 9.31. The van der Waals surface area contributed by atoms with Gasteiger partial charge >= 0.3 is 6.18 Å².